The lowest BCUT2D eigenvalue weighted by molar-refractivity contribution is 0.300. The van der Waals surface area contributed by atoms with E-state index in [4.69, 9.17) is 5.11 Å². The fourth-order valence-corrected chi connectivity index (χ4v) is 3.79. The van der Waals surface area contributed by atoms with Crippen LogP contribution in [-0.4, -0.2) is 21.3 Å². The third-order valence-electron chi connectivity index (χ3n) is 5.02. The molecule has 0 aliphatic rings. The van der Waals surface area contributed by atoms with Crippen LogP contribution in [0.5, 0.6) is 0 Å². The number of imidazole rings is 1. The highest BCUT2D eigenvalue weighted by molar-refractivity contribution is 5.52. The Labute approximate surface area is 169 Å². The van der Waals surface area contributed by atoms with E-state index < -0.39 is 18.0 Å². The lowest BCUT2D eigenvalue weighted by Crippen LogP contribution is -2.36. The quantitative estimate of drug-likeness (QED) is 0.474. The van der Waals surface area contributed by atoms with Gasteiger partial charge in [-0.2, -0.15) is 0 Å². The smallest absolute Gasteiger partial charge is 0.127 e. The van der Waals surface area contributed by atoms with E-state index >= 15 is 0 Å². The molecule has 144 valence electrons. The fraction of sp³-hybridized carbons (Fsp3) is 0.0800. The van der Waals surface area contributed by atoms with E-state index in [2.05, 4.69) is 41.4 Å². The molecule has 3 nitrogen and oxygen atoms in total. The molecule has 0 saturated heterocycles. The fourth-order valence-electron chi connectivity index (χ4n) is 3.79. The van der Waals surface area contributed by atoms with Gasteiger partial charge in [-0.1, -0.05) is 91.0 Å². The van der Waals surface area contributed by atoms with Gasteiger partial charge in [-0.05, 0) is 22.8 Å². The SMILES string of the molecule is OC/C(F)=C\c1cn(C(c2ccccc2)(c2ccccc2)c2ccccc2)cn1. The van der Waals surface area contributed by atoms with Gasteiger partial charge in [-0.3, -0.25) is 0 Å². The number of hydrogen-bond acceptors (Lipinski definition) is 2. The van der Waals surface area contributed by atoms with Crippen molar-refractivity contribution in [3.05, 3.63) is 132 Å². The molecular formula is C25H21FN2O. The number of nitrogens with zero attached hydrogens (tertiary/aromatic N) is 2. The zero-order chi connectivity index (χ0) is 20.1. The molecule has 1 heterocycles. The van der Waals surface area contributed by atoms with Gasteiger partial charge in [0, 0.05) is 6.20 Å². The summed E-state index contributed by atoms with van der Waals surface area (Å²) in [7, 11) is 0. The summed E-state index contributed by atoms with van der Waals surface area (Å²) in [6, 6.07) is 30.6. The monoisotopic (exact) mass is 384 g/mol. The molecule has 0 aliphatic carbocycles. The van der Waals surface area contributed by atoms with Gasteiger partial charge in [0.15, 0.2) is 0 Å². The Kier molecular flexibility index (Phi) is 5.36. The third kappa shape index (κ3) is 3.50. The summed E-state index contributed by atoms with van der Waals surface area (Å²) >= 11 is 0. The van der Waals surface area contributed by atoms with E-state index in [0.717, 1.165) is 16.7 Å². The number of benzene rings is 3. The lowest BCUT2D eigenvalue weighted by Gasteiger charge is -2.37. The molecule has 4 aromatic rings. The van der Waals surface area contributed by atoms with Gasteiger partial charge in [0.05, 0.1) is 18.6 Å². The number of aromatic nitrogens is 2. The molecule has 3 aromatic carbocycles. The summed E-state index contributed by atoms with van der Waals surface area (Å²) < 4.78 is 15.7. The molecule has 0 spiro atoms. The minimum atomic E-state index is -0.682. The van der Waals surface area contributed by atoms with E-state index in [0.29, 0.717) is 5.69 Å². The number of rotatable bonds is 6. The van der Waals surface area contributed by atoms with Crippen molar-refractivity contribution in [1.29, 1.82) is 0 Å². The van der Waals surface area contributed by atoms with Crippen LogP contribution < -0.4 is 0 Å². The van der Waals surface area contributed by atoms with Crippen LogP contribution in [0.25, 0.3) is 6.08 Å². The Balaban J connectivity index is 2.04. The van der Waals surface area contributed by atoms with E-state index in [1.54, 1.807) is 6.33 Å². The normalized spacial score (nSPS) is 12.1. The van der Waals surface area contributed by atoms with Crippen molar-refractivity contribution in [2.75, 3.05) is 6.61 Å². The topological polar surface area (TPSA) is 38.0 Å². The predicted octanol–water partition coefficient (Wildman–Crippen LogP) is 5.03. The largest absolute Gasteiger partial charge is 0.389 e. The number of hydrogen-bond donors (Lipinski definition) is 1. The molecule has 0 atom stereocenters. The highest BCUT2D eigenvalue weighted by Crippen LogP contribution is 2.40. The van der Waals surface area contributed by atoms with Crippen molar-refractivity contribution in [2.45, 2.75) is 5.54 Å². The standard InChI is InChI=1S/C25H21FN2O/c26-23(18-29)16-24-17-28(19-27-24)25(20-10-4-1-5-11-20,21-12-6-2-7-13-21)22-14-8-3-9-15-22/h1-17,19,29H,18H2/b23-16+. The Morgan fingerprint density at radius 3 is 1.69 bits per heavy atom. The summed E-state index contributed by atoms with van der Waals surface area (Å²) in [5.74, 6) is -0.625. The molecule has 0 unspecified atom stereocenters. The molecule has 1 N–H and O–H groups in total. The zero-order valence-electron chi connectivity index (χ0n) is 15.8. The van der Waals surface area contributed by atoms with Gasteiger partial charge in [0.25, 0.3) is 0 Å². The molecule has 1 aromatic heterocycles. The second-order valence-electron chi connectivity index (χ2n) is 6.76. The first-order valence-electron chi connectivity index (χ1n) is 9.43. The van der Waals surface area contributed by atoms with Crippen LogP contribution in [0.2, 0.25) is 0 Å². The van der Waals surface area contributed by atoms with Gasteiger partial charge in [-0.15, -0.1) is 0 Å². The summed E-state index contributed by atoms with van der Waals surface area (Å²) in [5.41, 5.74) is 2.95. The predicted molar refractivity (Wildman–Crippen MR) is 113 cm³/mol. The summed E-state index contributed by atoms with van der Waals surface area (Å²) in [4.78, 5) is 4.38. The van der Waals surface area contributed by atoms with Crippen LogP contribution in [0.4, 0.5) is 4.39 Å². The summed E-state index contributed by atoms with van der Waals surface area (Å²) in [6.45, 7) is -0.645. The van der Waals surface area contributed by atoms with Gasteiger partial charge >= 0.3 is 0 Å². The van der Waals surface area contributed by atoms with Crippen molar-refractivity contribution >= 4 is 6.08 Å². The Morgan fingerprint density at radius 1 is 0.828 bits per heavy atom. The van der Waals surface area contributed by atoms with Crippen LogP contribution >= 0.6 is 0 Å². The lowest BCUT2D eigenvalue weighted by atomic mass is 9.77. The molecule has 4 heteroatoms. The maximum Gasteiger partial charge on any atom is 0.127 e. The highest BCUT2D eigenvalue weighted by atomic mass is 19.1. The average molecular weight is 384 g/mol. The van der Waals surface area contributed by atoms with Gasteiger partial charge in [0.1, 0.15) is 11.4 Å². The average Bonchev–Trinajstić information content (AvgIpc) is 3.25. The van der Waals surface area contributed by atoms with Crippen molar-refractivity contribution in [3.63, 3.8) is 0 Å². The van der Waals surface area contributed by atoms with Gasteiger partial charge in [-0.25, -0.2) is 9.37 Å². The molecule has 0 bridgehead atoms. The highest BCUT2D eigenvalue weighted by Gasteiger charge is 2.38. The molecule has 4 rings (SSSR count). The minimum absolute atomic E-state index is 0.448. The Morgan fingerprint density at radius 2 is 1.28 bits per heavy atom. The Bertz CT molecular complexity index is 993. The molecule has 29 heavy (non-hydrogen) atoms. The van der Waals surface area contributed by atoms with Crippen LogP contribution in [0, 0.1) is 0 Å². The van der Waals surface area contributed by atoms with E-state index in [1.807, 2.05) is 65.4 Å². The molecule has 0 aliphatic heterocycles. The Hall–Kier alpha value is -3.50. The molecular weight excluding hydrogens is 363 g/mol. The van der Waals surface area contributed by atoms with Gasteiger partial charge in [0.2, 0.25) is 0 Å². The van der Waals surface area contributed by atoms with Crippen LogP contribution in [-0.2, 0) is 5.54 Å². The van der Waals surface area contributed by atoms with E-state index in [9.17, 15) is 4.39 Å². The van der Waals surface area contributed by atoms with Crippen molar-refractivity contribution in [2.24, 2.45) is 0 Å². The zero-order valence-corrected chi connectivity index (χ0v) is 15.8. The maximum atomic E-state index is 13.7. The number of halogens is 1. The molecule has 0 fully saturated rings. The van der Waals surface area contributed by atoms with E-state index in [1.165, 1.54) is 6.08 Å². The first-order valence-corrected chi connectivity index (χ1v) is 9.43. The van der Waals surface area contributed by atoms with Crippen molar-refractivity contribution in [3.8, 4) is 0 Å². The van der Waals surface area contributed by atoms with Crippen LogP contribution in [0.3, 0.4) is 0 Å². The van der Waals surface area contributed by atoms with Crippen molar-refractivity contribution < 1.29 is 9.50 Å². The first-order chi connectivity index (χ1) is 14.2. The van der Waals surface area contributed by atoms with E-state index in [-0.39, 0.29) is 0 Å². The van der Waals surface area contributed by atoms with Crippen LogP contribution in [0.1, 0.15) is 22.4 Å². The minimum Gasteiger partial charge on any atom is -0.389 e. The summed E-state index contributed by atoms with van der Waals surface area (Å²) in [6.07, 6.45) is 4.77. The number of aliphatic hydroxyl groups excluding tert-OH is 1. The van der Waals surface area contributed by atoms with Crippen LogP contribution in [0.15, 0.2) is 109 Å². The second kappa shape index (κ2) is 8.25. The second-order valence-corrected chi connectivity index (χ2v) is 6.76. The summed E-state index contributed by atoms with van der Waals surface area (Å²) in [5, 5.41) is 9.02. The first kappa shape index (κ1) is 18.8. The number of aliphatic hydroxyl groups is 1. The molecule has 0 radical (unpaired) electrons. The molecule has 0 saturated carbocycles. The maximum absolute atomic E-state index is 13.7. The van der Waals surface area contributed by atoms with Crippen molar-refractivity contribution in [1.82, 2.24) is 9.55 Å². The molecule has 0 amide bonds. The van der Waals surface area contributed by atoms with Gasteiger partial charge < -0.3 is 9.67 Å². The third-order valence-corrected chi connectivity index (χ3v) is 5.02.